The SMILES string of the molecule is CC(C)n1nc(S(N)(=O)=O)cc1C(=O)N1CCC1.COc1ccc(CN(Cc2ccc(OC)cc2)S(=O)(=O)c2cc(C(=O)N3CCC3)n(C(C)C)n2)cc1. The number of ether oxygens (including phenoxy) is 2. The Morgan fingerprint density at radius 1 is 0.685 bits per heavy atom. The van der Waals surface area contributed by atoms with Crippen LogP contribution < -0.4 is 14.6 Å². The Kier molecular flexibility index (Phi) is 12.5. The van der Waals surface area contributed by atoms with E-state index in [1.54, 1.807) is 48.3 Å². The molecule has 2 N–H and O–H groups in total. The van der Waals surface area contributed by atoms with Crippen LogP contribution in [0.25, 0.3) is 0 Å². The van der Waals surface area contributed by atoms with E-state index in [2.05, 4.69) is 10.2 Å². The van der Waals surface area contributed by atoms with E-state index in [-0.39, 0.29) is 58.4 Å². The number of hydrogen-bond donors (Lipinski definition) is 1. The molecule has 2 aliphatic rings. The van der Waals surface area contributed by atoms with E-state index in [1.807, 2.05) is 52.0 Å². The fourth-order valence-corrected chi connectivity index (χ4v) is 7.54. The first-order valence-corrected chi connectivity index (χ1v) is 20.6. The minimum atomic E-state index is -4.04. The molecule has 4 aromatic rings. The van der Waals surface area contributed by atoms with Gasteiger partial charge < -0.3 is 19.3 Å². The molecule has 0 atom stereocenters. The standard InChI is InChI=1S/C26H32N4O5S.C10H16N4O3S/c1-19(2)30-24(26(31)28-14-5-15-28)16-25(27-30)36(32,33)29(17-20-6-10-22(34-3)11-7-20)18-21-8-12-23(35-4)13-9-21;1-7(2)14-8(10(15)13-4-3-5-13)6-9(12-14)18(11,16)17/h6-13,16,19H,5,14-15,17-18H2,1-4H3;6-7H,3-5H2,1-2H3,(H2,11,16,17). The van der Waals surface area contributed by atoms with Gasteiger partial charge in [-0.2, -0.15) is 14.5 Å². The van der Waals surface area contributed by atoms with E-state index in [0.29, 0.717) is 37.7 Å². The highest BCUT2D eigenvalue weighted by Gasteiger charge is 2.33. The summed E-state index contributed by atoms with van der Waals surface area (Å²) >= 11 is 0. The van der Waals surface area contributed by atoms with Gasteiger partial charge in [0.2, 0.25) is 0 Å². The summed E-state index contributed by atoms with van der Waals surface area (Å²) < 4.78 is 65.1. The van der Waals surface area contributed by atoms with Crippen molar-refractivity contribution in [3.8, 4) is 11.5 Å². The number of aromatic nitrogens is 4. The number of benzene rings is 2. The fourth-order valence-electron chi connectivity index (χ4n) is 5.71. The number of carbonyl (C=O) groups excluding carboxylic acids is 2. The monoisotopic (exact) mass is 784 g/mol. The molecule has 18 heteroatoms. The van der Waals surface area contributed by atoms with E-state index in [9.17, 15) is 26.4 Å². The Morgan fingerprint density at radius 3 is 1.37 bits per heavy atom. The van der Waals surface area contributed by atoms with E-state index < -0.39 is 20.0 Å². The van der Waals surface area contributed by atoms with Crippen LogP contribution in [0.15, 0.2) is 70.7 Å². The average molecular weight is 785 g/mol. The molecule has 0 unspecified atom stereocenters. The van der Waals surface area contributed by atoms with Gasteiger partial charge in [-0.15, -0.1) is 0 Å². The molecular formula is C36H48N8O8S2. The molecule has 0 radical (unpaired) electrons. The molecule has 2 aromatic carbocycles. The highest BCUT2D eigenvalue weighted by Crippen LogP contribution is 2.26. The molecule has 4 heterocycles. The zero-order valence-corrected chi connectivity index (χ0v) is 33.0. The first-order valence-electron chi connectivity index (χ1n) is 17.6. The number of sulfonamides is 2. The highest BCUT2D eigenvalue weighted by molar-refractivity contribution is 7.89. The number of hydrogen-bond acceptors (Lipinski definition) is 10. The zero-order valence-electron chi connectivity index (χ0n) is 31.4. The summed E-state index contributed by atoms with van der Waals surface area (Å²) in [5, 5.41) is 12.9. The molecule has 2 aromatic heterocycles. The van der Waals surface area contributed by atoms with Crippen LogP contribution >= 0.6 is 0 Å². The van der Waals surface area contributed by atoms with Gasteiger partial charge >= 0.3 is 0 Å². The Labute approximate surface area is 316 Å². The molecule has 6 rings (SSSR count). The van der Waals surface area contributed by atoms with Gasteiger partial charge in [0.1, 0.15) is 22.9 Å². The predicted octanol–water partition coefficient (Wildman–Crippen LogP) is 3.68. The first kappa shape index (κ1) is 40.4. The second-order valence-electron chi connectivity index (χ2n) is 13.6. The van der Waals surface area contributed by atoms with E-state index in [4.69, 9.17) is 14.6 Å². The summed E-state index contributed by atoms with van der Waals surface area (Å²) in [6.45, 7) is 10.4. The maximum Gasteiger partial charge on any atom is 0.272 e. The third kappa shape index (κ3) is 9.11. The topological polar surface area (TPSA) is 192 Å². The van der Waals surface area contributed by atoms with Gasteiger partial charge in [0.25, 0.3) is 31.9 Å². The maximum atomic E-state index is 13.9. The first-order chi connectivity index (χ1) is 25.5. The number of likely N-dealkylation sites (tertiary alicyclic amines) is 2. The summed E-state index contributed by atoms with van der Waals surface area (Å²) in [7, 11) is -4.77. The van der Waals surface area contributed by atoms with Crippen LogP contribution in [0.5, 0.6) is 11.5 Å². The van der Waals surface area contributed by atoms with Crippen molar-refractivity contribution < 1.29 is 35.9 Å². The van der Waals surface area contributed by atoms with Crippen LogP contribution in [-0.4, -0.2) is 103 Å². The molecule has 2 saturated heterocycles. The Balaban J connectivity index is 0.000000260. The van der Waals surface area contributed by atoms with Gasteiger partial charge in [-0.05, 0) is 75.9 Å². The normalized spacial score (nSPS) is 14.4. The van der Waals surface area contributed by atoms with Crippen LogP contribution in [0.3, 0.4) is 0 Å². The fraction of sp³-hybridized carbons (Fsp3) is 0.444. The lowest BCUT2D eigenvalue weighted by Crippen LogP contribution is -2.43. The van der Waals surface area contributed by atoms with Crippen molar-refractivity contribution in [3.63, 3.8) is 0 Å². The van der Waals surface area contributed by atoms with Crippen molar-refractivity contribution in [1.82, 2.24) is 33.7 Å². The summed E-state index contributed by atoms with van der Waals surface area (Å²) in [6, 6.07) is 16.9. The Hall–Kier alpha value is -4.78. The molecule has 0 aliphatic carbocycles. The molecule has 2 aliphatic heterocycles. The van der Waals surface area contributed by atoms with Crippen LogP contribution in [0.1, 0.15) is 84.7 Å². The summed E-state index contributed by atoms with van der Waals surface area (Å²) in [6.07, 6.45) is 1.92. The van der Waals surface area contributed by atoms with Gasteiger partial charge in [0, 0.05) is 63.5 Å². The third-order valence-corrected chi connectivity index (χ3v) is 11.5. The van der Waals surface area contributed by atoms with Gasteiger partial charge in [0.15, 0.2) is 10.1 Å². The Morgan fingerprint density at radius 2 is 1.06 bits per heavy atom. The number of primary sulfonamides is 1. The van der Waals surface area contributed by atoms with Gasteiger partial charge in [-0.25, -0.2) is 22.0 Å². The van der Waals surface area contributed by atoms with Crippen LogP contribution in [0.4, 0.5) is 0 Å². The number of methoxy groups -OCH3 is 2. The average Bonchev–Trinajstić information content (AvgIpc) is 3.75. The summed E-state index contributed by atoms with van der Waals surface area (Å²) in [5.74, 6) is 0.986. The molecular weight excluding hydrogens is 737 g/mol. The van der Waals surface area contributed by atoms with Crippen LogP contribution in [-0.2, 0) is 33.1 Å². The predicted molar refractivity (Wildman–Crippen MR) is 200 cm³/mol. The van der Waals surface area contributed by atoms with Crippen molar-refractivity contribution >= 4 is 31.9 Å². The zero-order chi connectivity index (χ0) is 39.4. The number of amides is 2. The smallest absolute Gasteiger partial charge is 0.272 e. The van der Waals surface area contributed by atoms with E-state index >= 15 is 0 Å². The second-order valence-corrected chi connectivity index (χ2v) is 17.0. The largest absolute Gasteiger partial charge is 0.497 e. The lowest BCUT2D eigenvalue weighted by atomic mass is 10.2. The molecule has 0 bridgehead atoms. The van der Waals surface area contributed by atoms with Gasteiger partial charge in [-0.3, -0.25) is 19.0 Å². The molecule has 0 saturated carbocycles. The molecule has 292 valence electrons. The molecule has 54 heavy (non-hydrogen) atoms. The third-order valence-electron chi connectivity index (χ3n) is 9.06. The quantitative estimate of drug-likeness (QED) is 0.209. The van der Waals surface area contributed by atoms with Crippen molar-refractivity contribution in [2.24, 2.45) is 5.14 Å². The lowest BCUT2D eigenvalue weighted by Gasteiger charge is -2.31. The van der Waals surface area contributed by atoms with E-state index in [0.717, 1.165) is 24.0 Å². The summed E-state index contributed by atoms with van der Waals surface area (Å²) in [5.41, 5.74) is 2.16. The highest BCUT2D eigenvalue weighted by atomic mass is 32.2. The van der Waals surface area contributed by atoms with Crippen LogP contribution in [0, 0.1) is 0 Å². The second kappa shape index (κ2) is 16.7. The number of nitrogens with two attached hydrogens (primary N) is 1. The van der Waals surface area contributed by atoms with Crippen LogP contribution in [0.2, 0.25) is 0 Å². The number of carbonyl (C=O) groups is 2. The minimum Gasteiger partial charge on any atom is -0.497 e. The number of nitrogens with zero attached hydrogens (tertiary/aromatic N) is 7. The summed E-state index contributed by atoms with van der Waals surface area (Å²) in [4.78, 5) is 28.5. The minimum absolute atomic E-state index is 0.110. The van der Waals surface area contributed by atoms with Crippen molar-refractivity contribution in [1.29, 1.82) is 0 Å². The molecule has 2 amide bonds. The van der Waals surface area contributed by atoms with Crippen molar-refractivity contribution in [2.75, 3.05) is 40.4 Å². The van der Waals surface area contributed by atoms with E-state index in [1.165, 1.54) is 25.8 Å². The molecule has 0 spiro atoms. The lowest BCUT2D eigenvalue weighted by molar-refractivity contribution is 0.0630. The van der Waals surface area contributed by atoms with Gasteiger partial charge in [0.05, 0.1) is 14.2 Å². The number of rotatable bonds is 13. The molecule has 16 nitrogen and oxygen atoms in total. The van der Waals surface area contributed by atoms with Gasteiger partial charge in [-0.1, -0.05) is 24.3 Å². The van der Waals surface area contributed by atoms with Crippen molar-refractivity contribution in [2.45, 2.75) is 75.8 Å². The maximum absolute atomic E-state index is 13.9. The van der Waals surface area contributed by atoms with Crippen molar-refractivity contribution in [3.05, 3.63) is 83.2 Å². The Bertz CT molecular complexity index is 2110. The molecule has 2 fully saturated rings.